The van der Waals surface area contributed by atoms with Crippen LogP contribution in [0, 0.1) is 19.3 Å². The highest BCUT2D eigenvalue weighted by Crippen LogP contribution is 2.39. The van der Waals surface area contributed by atoms with Crippen molar-refractivity contribution < 1.29 is 23.9 Å². The van der Waals surface area contributed by atoms with E-state index in [9.17, 15) is 14.4 Å². The molecule has 1 N–H and O–H groups in total. The van der Waals surface area contributed by atoms with Gasteiger partial charge in [-0.25, -0.2) is 0 Å². The Bertz CT molecular complexity index is 1150. The number of halogens is 1. The molecule has 0 aromatic heterocycles. The Labute approximate surface area is 204 Å². The predicted molar refractivity (Wildman–Crippen MR) is 132 cm³/mol. The van der Waals surface area contributed by atoms with Crippen LogP contribution in [0.3, 0.4) is 0 Å². The first kappa shape index (κ1) is 24.4. The number of hydrogen-bond acceptors (Lipinski definition) is 6. The predicted octanol–water partition coefficient (Wildman–Crippen LogP) is 4.84. The van der Waals surface area contributed by atoms with Crippen molar-refractivity contribution in [3.8, 4) is 23.8 Å². The van der Waals surface area contributed by atoms with Gasteiger partial charge >= 0.3 is 0 Å². The lowest BCUT2D eigenvalue weighted by molar-refractivity contribution is -0.122. The minimum Gasteiger partial charge on any atom is -0.490 e. The largest absolute Gasteiger partial charge is 0.490 e. The van der Waals surface area contributed by atoms with Gasteiger partial charge in [-0.05, 0) is 77.4 Å². The molecule has 0 atom stereocenters. The minimum atomic E-state index is -0.440. The lowest BCUT2D eigenvalue weighted by Gasteiger charge is -2.15. The van der Waals surface area contributed by atoms with Gasteiger partial charge in [-0.15, -0.1) is 6.42 Å². The van der Waals surface area contributed by atoms with E-state index in [1.807, 2.05) is 38.1 Å². The average Bonchev–Trinajstić information content (AvgIpc) is 3.02. The molecule has 170 valence electrons. The van der Waals surface area contributed by atoms with Gasteiger partial charge in [-0.1, -0.05) is 23.6 Å². The summed E-state index contributed by atoms with van der Waals surface area (Å²) in [5.74, 6) is 2.29. The number of hydrogen-bond donors (Lipinski definition) is 1. The number of benzene rings is 2. The summed E-state index contributed by atoms with van der Waals surface area (Å²) in [7, 11) is 0. The summed E-state index contributed by atoms with van der Waals surface area (Å²) >= 11 is 4.27. The van der Waals surface area contributed by atoms with Crippen LogP contribution in [0.5, 0.6) is 11.5 Å². The molecule has 1 aliphatic heterocycles. The van der Waals surface area contributed by atoms with Crippen LogP contribution in [-0.2, 0) is 9.59 Å². The number of imide groups is 1. The third kappa shape index (κ3) is 6.18. The molecule has 0 spiro atoms. The molecular weight excluding hydrogens is 508 g/mol. The summed E-state index contributed by atoms with van der Waals surface area (Å²) in [6, 6.07) is 10.8. The van der Waals surface area contributed by atoms with Gasteiger partial charge in [0.25, 0.3) is 17.1 Å². The van der Waals surface area contributed by atoms with Crippen molar-refractivity contribution in [2.75, 3.05) is 25.1 Å². The first-order valence-corrected chi connectivity index (χ1v) is 11.6. The number of rotatable bonds is 8. The number of ether oxygens (including phenoxy) is 2. The third-order valence-corrected chi connectivity index (χ3v) is 5.93. The first-order valence-electron chi connectivity index (χ1n) is 9.96. The number of aryl methyl sites for hydroxylation is 1. The summed E-state index contributed by atoms with van der Waals surface area (Å²) < 4.78 is 11.9. The van der Waals surface area contributed by atoms with Crippen molar-refractivity contribution in [1.82, 2.24) is 4.90 Å². The van der Waals surface area contributed by atoms with Crippen LogP contribution in [0.4, 0.5) is 10.5 Å². The van der Waals surface area contributed by atoms with E-state index in [1.165, 1.54) is 0 Å². The topological polar surface area (TPSA) is 84.9 Å². The highest BCUT2D eigenvalue weighted by Gasteiger charge is 2.34. The van der Waals surface area contributed by atoms with Crippen LogP contribution in [0.15, 0.2) is 45.8 Å². The van der Waals surface area contributed by atoms with Crippen molar-refractivity contribution in [3.05, 3.63) is 56.9 Å². The van der Waals surface area contributed by atoms with E-state index in [0.717, 1.165) is 22.2 Å². The molecule has 1 heterocycles. The van der Waals surface area contributed by atoms with E-state index in [-0.39, 0.29) is 24.0 Å². The average molecular weight is 529 g/mol. The third-order valence-electron chi connectivity index (χ3n) is 4.44. The monoisotopic (exact) mass is 528 g/mol. The molecule has 1 aliphatic rings. The second-order valence-electron chi connectivity index (χ2n) is 6.94. The zero-order valence-electron chi connectivity index (χ0n) is 18.0. The highest BCUT2D eigenvalue weighted by molar-refractivity contribution is 9.10. The summed E-state index contributed by atoms with van der Waals surface area (Å²) in [6.07, 6.45) is 6.82. The van der Waals surface area contributed by atoms with Crippen LogP contribution in [0.1, 0.15) is 18.1 Å². The molecule has 1 saturated heterocycles. The van der Waals surface area contributed by atoms with Crippen molar-refractivity contribution in [2.45, 2.75) is 13.8 Å². The highest BCUT2D eigenvalue weighted by atomic mass is 79.9. The van der Waals surface area contributed by atoms with E-state index in [1.54, 1.807) is 18.2 Å². The number of thioether (sulfide) groups is 1. The second-order valence-corrected chi connectivity index (χ2v) is 8.79. The fourth-order valence-electron chi connectivity index (χ4n) is 2.92. The summed E-state index contributed by atoms with van der Waals surface area (Å²) in [5.41, 5.74) is 2.39. The van der Waals surface area contributed by atoms with Crippen LogP contribution in [0.25, 0.3) is 6.08 Å². The van der Waals surface area contributed by atoms with Crippen molar-refractivity contribution in [2.24, 2.45) is 0 Å². The van der Waals surface area contributed by atoms with E-state index >= 15 is 0 Å². The summed E-state index contributed by atoms with van der Waals surface area (Å²) in [4.78, 5) is 38.0. The van der Waals surface area contributed by atoms with Gasteiger partial charge in [-0.3, -0.25) is 19.3 Å². The van der Waals surface area contributed by atoms with E-state index < -0.39 is 11.1 Å². The number of nitrogens with one attached hydrogen (secondary N) is 1. The molecule has 2 aromatic rings. The van der Waals surface area contributed by atoms with Crippen LogP contribution in [0.2, 0.25) is 0 Å². The maximum atomic E-state index is 12.4. The summed E-state index contributed by atoms with van der Waals surface area (Å²) in [5, 5.41) is 2.36. The molecule has 3 rings (SSSR count). The summed E-state index contributed by atoms with van der Waals surface area (Å²) in [6.45, 7) is 3.85. The van der Waals surface area contributed by atoms with E-state index in [2.05, 4.69) is 27.2 Å². The van der Waals surface area contributed by atoms with Crippen LogP contribution < -0.4 is 14.8 Å². The van der Waals surface area contributed by atoms with Gasteiger partial charge in [-0.2, -0.15) is 0 Å². The Morgan fingerprint density at radius 2 is 1.97 bits per heavy atom. The van der Waals surface area contributed by atoms with Crippen LogP contribution in [-0.4, -0.2) is 41.7 Å². The molecule has 0 unspecified atom stereocenters. The maximum absolute atomic E-state index is 12.4. The molecule has 7 nitrogen and oxygen atoms in total. The van der Waals surface area contributed by atoms with Gasteiger partial charge in [0.15, 0.2) is 18.1 Å². The standard InChI is InChI=1S/C24H21BrN2O5S/c1-4-10-27-23(29)20(33-24(27)30)13-16-11-18(25)22(19(12-16)31-5-2)32-14-21(28)26-17-8-6-15(3)7-9-17/h1,6-9,11-13H,5,10,14H2,2-3H3,(H,26,28)/b20-13+. The number of nitrogens with zero attached hydrogens (tertiary/aromatic N) is 1. The quantitative estimate of drug-likeness (QED) is 0.389. The maximum Gasteiger partial charge on any atom is 0.294 e. The molecule has 1 fully saturated rings. The zero-order valence-corrected chi connectivity index (χ0v) is 20.4. The van der Waals surface area contributed by atoms with Crippen molar-refractivity contribution >= 4 is 56.5 Å². The van der Waals surface area contributed by atoms with Gasteiger partial charge in [0, 0.05) is 5.69 Å². The lowest BCUT2D eigenvalue weighted by atomic mass is 10.2. The van der Waals surface area contributed by atoms with E-state index in [0.29, 0.717) is 33.8 Å². The molecule has 33 heavy (non-hydrogen) atoms. The molecule has 2 aromatic carbocycles. The molecule has 0 bridgehead atoms. The number of anilines is 1. The SMILES string of the molecule is C#CCN1C(=O)S/C(=C/c2cc(Br)c(OCC(=O)Nc3ccc(C)cc3)c(OCC)c2)C1=O. The number of amides is 3. The number of terminal acetylenes is 1. The molecule has 0 saturated carbocycles. The Kier molecular flexibility index (Phi) is 8.20. The Hall–Kier alpha value is -3.22. The fraction of sp³-hybridized carbons (Fsp3) is 0.208. The number of carbonyl (C=O) groups is 3. The van der Waals surface area contributed by atoms with Crippen molar-refractivity contribution in [3.63, 3.8) is 0 Å². The molecule has 0 aliphatic carbocycles. The lowest BCUT2D eigenvalue weighted by Crippen LogP contribution is -2.28. The van der Waals surface area contributed by atoms with Gasteiger partial charge < -0.3 is 14.8 Å². The second kappa shape index (κ2) is 11.1. The Morgan fingerprint density at radius 1 is 1.24 bits per heavy atom. The molecule has 3 amide bonds. The Balaban J connectivity index is 1.76. The Morgan fingerprint density at radius 3 is 2.64 bits per heavy atom. The van der Waals surface area contributed by atoms with Gasteiger partial charge in [0.1, 0.15) is 0 Å². The first-order chi connectivity index (χ1) is 15.8. The van der Waals surface area contributed by atoms with Crippen molar-refractivity contribution in [1.29, 1.82) is 0 Å². The van der Waals surface area contributed by atoms with Gasteiger partial charge in [0.2, 0.25) is 0 Å². The molecule has 9 heteroatoms. The smallest absolute Gasteiger partial charge is 0.294 e. The molecular formula is C24H21BrN2O5S. The van der Waals surface area contributed by atoms with Crippen LogP contribution >= 0.6 is 27.7 Å². The van der Waals surface area contributed by atoms with Gasteiger partial charge in [0.05, 0.1) is 22.5 Å². The minimum absolute atomic E-state index is 0.0761. The van der Waals surface area contributed by atoms with E-state index in [4.69, 9.17) is 15.9 Å². The zero-order chi connectivity index (χ0) is 24.0. The normalized spacial score (nSPS) is 14.4. The fourth-order valence-corrected chi connectivity index (χ4v) is 4.34. The molecule has 0 radical (unpaired) electrons. The number of carbonyl (C=O) groups excluding carboxylic acids is 3.